The van der Waals surface area contributed by atoms with E-state index in [0.717, 1.165) is 12.8 Å². The Morgan fingerprint density at radius 1 is 1.47 bits per heavy atom. The number of carbonyl (C=O) groups is 1. The number of benzene rings is 1. The summed E-state index contributed by atoms with van der Waals surface area (Å²) in [5.41, 5.74) is 0.436. The van der Waals surface area contributed by atoms with Gasteiger partial charge in [-0.2, -0.15) is 0 Å². The van der Waals surface area contributed by atoms with Crippen LogP contribution in [-0.4, -0.2) is 28.8 Å². The quantitative estimate of drug-likeness (QED) is 0.795. The molecule has 1 aliphatic rings. The van der Waals surface area contributed by atoms with Crippen molar-refractivity contribution in [2.24, 2.45) is 5.92 Å². The Morgan fingerprint density at radius 3 is 2.76 bits per heavy atom. The van der Waals surface area contributed by atoms with Crippen molar-refractivity contribution in [1.82, 2.24) is 5.32 Å². The molecule has 1 fully saturated rings. The zero-order valence-corrected chi connectivity index (χ0v) is 10.8. The Balaban J connectivity index is 1.88. The lowest BCUT2D eigenvalue weighted by Gasteiger charge is -2.31. The normalized spacial score (nSPS) is 22.9. The predicted octanol–water partition coefficient (Wildman–Crippen LogP) is 1.66. The molecule has 0 atom stereocenters. The van der Waals surface area contributed by atoms with E-state index < -0.39 is 0 Å². The lowest BCUT2D eigenvalue weighted by atomic mass is 9.82. The molecule has 1 aliphatic carbocycles. The van der Waals surface area contributed by atoms with Crippen molar-refractivity contribution in [3.05, 3.63) is 28.2 Å². The van der Waals surface area contributed by atoms with Crippen LogP contribution in [0, 0.1) is 5.92 Å². The lowest BCUT2D eigenvalue weighted by Crippen LogP contribution is -2.38. The molecule has 1 aromatic carbocycles. The molecule has 3 N–H and O–H groups in total. The number of hydrogen-bond donors (Lipinski definition) is 3. The molecule has 17 heavy (non-hydrogen) atoms. The first-order chi connectivity index (χ1) is 8.06. The fourth-order valence-electron chi connectivity index (χ4n) is 1.86. The van der Waals surface area contributed by atoms with Gasteiger partial charge in [-0.25, -0.2) is 0 Å². The highest BCUT2D eigenvalue weighted by molar-refractivity contribution is 9.10. The van der Waals surface area contributed by atoms with Gasteiger partial charge in [-0.05, 0) is 52.9 Å². The van der Waals surface area contributed by atoms with E-state index >= 15 is 0 Å². The monoisotopic (exact) mass is 299 g/mol. The summed E-state index contributed by atoms with van der Waals surface area (Å²) in [5, 5.41) is 21.4. The number of amides is 1. The van der Waals surface area contributed by atoms with Gasteiger partial charge in [0.05, 0.1) is 10.6 Å². The van der Waals surface area contributed by atoms with E-state index in [9.17, 15) is 9.90 Å². The van der Waals surface area contributed by atoms with Gasteiger partial charge in [0.25, 0.3) is 5.91 Å². The summed E-state index contributed by atoms with van der Waals surface area (Å²) < 4.78 is 0.566. The van der Waals surface area contributed by atoms with Gasteiger partial charge in [-0.1, -0.05) is 0 Å². The molecule has 0 unspecified atom stereocenters. The molecule has 2 rings (SSSR count). The van der Waals surface area contributed by atoms with Crippen LogP contribution in [0.5, 0.6) is 5.75 Å². The zero-order valence-electron chi connectivity index (χ0n) is 9.19. The molecule has 1 amide bonds. The van der Waals surface area contributed by atoms with Crippen LogP contribution in [0.2, 0.25) is 0 Å². The maximum absolute atomic E-state index is 11.7. The van der Waals surface area contributed by atoms with Gasteiger partial charge >= 0.3 is 0 Å². The highest BCUT2D eigenvalue weighted by atomic mass is 79.9. The van der Waals surface area contributed by atoms with E-state index in [-0.39, 0.29) is 17.8 Å². The minimum atomic E-state index is -0.200. The number of aliphatic hydroxyl groups is 1. The molecule has 0 heterocycles. The molecule has 0 aromatic heterocycles. The Bertz CT molecular complexity index is 430. The summed E-state index contributed by atoms with van der Waals surface area (Å²) in [6.45, 7) is 0.576. The first-order valence-electron chi connectivity index (χ1n) is 5.51. The summed E-state index contributed by atoms with van der Waals surface area (Å²) in [6, 6.07) is 4.71. The van der Waals surface area contributed by atoms with Crippen LogP contribution < -0.4 is 5.32 Å². The van der Waals surface area contributed by atoms with Crippen molar-refractivity contribution < 1.29 is 15.0 Å². The van der Waals surface area contributed by atoms with Gasteiger partial charge in [0, 0.05) is 12.1 Å². The average molecular weight is 300 g/mol. The smallest absolute Gasteiger partial charge is 0.251 e. The third kappa shape index (κ3) is 2.98. The van der Waals surface area contributed by atoms with Crippen molar-refractivity contribution >= 4 is 21.8 Å². The van der Waals surface area contributed by atoms with Crippen LogP contribution in [0.1, 0.15) is 23.2 Å². The van der Waals surface area contributed by atoms with Gasteiger partial charge in [-0.3, -0.25) is 4.79 Å². The van der Waals surface area contributed by atoms with E-state index in [1.807, 2.05) is 0 Å². The Hall–Kier alpha value is -1.07. The summed E-state index contributed by atoms with van der Waals surface area (Å²) in [4.78, 5) is 11.7. The van der Waals surface area contributed by atoms with Gasteiger partial charge in [-0.15, -0.1) is 0 Å². The second kappa shape index (κ2) is 5.06. The van der Waals surface area contributed by atoms with Crippen LogP contribution >= 0.6 is 15.9 Å². The van der Waals surface area contributed by atoms with Crippen molar-refractivity contribution in [1.29, 1.82) is 0 Å². The summed E-state index contributed by atoms with van der Waals surface area (Å²) in [7, 11) is 0. The number of nitrogens with one attached hydrogen (secondary N) is 1. The summed E-state index contributed by atoms with van der Waals surface area (Å²) >= 11 is 3.16. The average Bonchev–Trinajstić information content (AvgIpc) is 2.26. The first kappa shape index (κ1) is 12.4. The number of carbonyl (C=O) groups excluding carboxylic acids is 1. The molecular weight excluding hydrogens is 286 g/mol. The van der Waals surface area contributed by atoms with E-state index in [1.54, 1.807) is 12.1 Å². The van der Waals surface area contributed by atoms with E-state index in [4.69, 9.17) is 5.11 Å². The van der Waals surface area contributed by atoms with E-state index in [0.29, 0.717) is 22.5 Å². The number of phenols is 1. The Kier molecular flexibility index (Phi) is 3.69. The second-order valence-electron chi connectivity index (χ2n) is 4.37. The molecule has 0 aliphatic heterocycles. The number of rotatable bonds is 3. The summed E-state index contributed by atoms with van der Waals surface area (Å²) in [6.07, 6.45) is 1.31. The van der Waals surface area contributed by atoms with Crippen molar-refractivity contribution in [2.75, 3.05) is 6.54 Å². The first-order valence-corrected chi connectivity index (χ1v) is 6.30. The SMILES string of the molecule is O=C(NCC1CC(O)C1)c1ccc(Br)c(O)c1. The van der Waals surface area contributed by atoms with Crippen molar-refractivity contribution in [2.45, 2.75) is 18.9 Å². The number of phenolic OH excluding ortho intramolecular Hbond substituents is 1. The highest BCUT2D eigenvalue weighted by Crippen LogP contribution is 2.27. The van der Waals surface area contributed by atoms with Gasteiger partial charge in [0.2, 0.25) is 0 Å². The predicted molar refractivity (Wildman–Crippen MR) is 66.9 cm³/mol. The largest absolute Gasteiger partial charge is 0.507 e. The number of halogens is 1. The van der Waals surface area contributed by atoms with Crippen LogP contribution in [0.25, 0.3) is 0 Å². The minimum Gasteiger partial charge on any atom is -0.507 e. The van der Waals surface area contributed by atoms with Crippen LogP contribution in [0.4, 0.5) is 0 Å². The van der Waals surface area contributed by atoms with Crippen LogP contribution in [0.3, 0.4) is 0 Å². The second-order valence-corrected chi connectivity index (χ2v) is 5.22. The standard InChI is InChI=1S/C12H14BrNO3/c13-10-2-1-8(5-11(10)16)12(17)14-6-7-3-9(15)4-7/h1-2,5,7,9,15-16H,3-4,6H2,(H,14,17). The lowest BCUT2D eigenvalue weighted by molar-refractivity contribution is 0.0420. The van der Waals surface area contributed by atoms with Crippen molar-refractivity contribution in [3.63, 3.8) is 0 Å². The zero-order chi connectivity index (χ0) is 12.4. The molecule has 92 valence electrons. The van der Waals surface area contributed by atoms with Crippen LogP contribution in [-0.2, 0) is 0 Å². The molecule has 1 saturated carbocycles. The third-order valence-corrected chi connectivity index (χ3v) is 3.64. The maximum Gasteiger partial charge on any atom is 0.251 e. The topological polar surface area (TPSA) is 69.6 Å². The van der Waals surface area contributed by atoms with Crippen LogP contribution in [0.15, 0.2) is 22.7 Å². The van der Waals surface area contributed by atoms with Gasteiger partial charge in [0.15, 0.2) is 0 Å². The number of hydrogen-bond acceptors (Lipinski definition) is 3. The number of aliphatic hydroxyl groups excluding tert-OH is 1. The fourth-order valence-corrected chi connectivity index (χ4v) is 2.11. The molecule has 1 aromatic rings. The molecule has 0 saturated heterocycles. The summed E-state index contributed by atoms with van der Waals surface area (Å²) in [5.74, 6) is 0.226. The number of aromatic hydroxyl groups is 1. The molecule has 0 radical (unpaired) electrons. The molecule has 4 nitrogen and oxygen atoms in total. The molecular formula is C12H14BrNO3. The highest BCUT2D eigenvalue weighted by Gasteiger charge is 2.27. The molecule has 0 bridgehead atoms. The van der Waals surface area contributed by atoms with Gasteiger partial charge in [0.1, 0.15) is 5.75 Å². The minimum absolute atomic E-state index is 0.0525. The Labute approximate surface area is 108 Å². The van der Waals surface area contributed by atoms with Gasteiger partial charge < -0.3 is 15.5 Å². The Morgan fingerprint density at radius 2 is 2.18 bits per heavy atom. The van der Waals surface area contributed by atoms with E-state index in [1.165, 1.54) is 6.07 Å². The maximum atomic E-state index is 11.7. The fraction of sp³-hybridized carbons (Fsp3) is 0.417. The third-order valence-electron chi connectivity index (χ3n) is 2.97. The van der Waals surface area contributed by atoms with E-state index in [2.05, 4.69) is 21.2 Å². The van der Waals surface area contributed by atoms with Crippen molar-refractivity contribution in [3.8, 4) is 5.75 Å². The molecule has 5 heteroatoms. The molecule has 0 spiro atoms.